The topological polar surface area (TPSA) is 77.2 Å². The van der Waals surface area contributed by atoms with E-state index in [1.807, 2.05) is 31.2 Å². The first-order valence-electron chi connectivity index (χ1n) is 8.26. The molecule has 1 aromatic carbocycles. The lowest BCUT2D eigenvalue weighted by molar-refractivity contribution is -0.116. The number of carbonyl (C=O) groups is 1. The molecule has 24 heavy (non-hydrogen) atoms. The van der Waals surface area contributed by atoms with Crippen molar-refractivity contribution < 1.29 is 9.53 Å². The molecule has 0 aliphatic carbocycles. The van der Waals surface area contributed by atoms with Gasteiger partial charge in [0.05, 0.1) is 12.8 Å². The fraction of sp³-hybridized carbons (Fsp3) is 0.444. The number of unbranched alkanes of at least 4 members (excludes halogenated alkanes) is 3. The number of nitrogens with one attached hydrogen (secondary N) is 1. The molecule has 0 saturated carbocycles. The normalized spacial score (nSPS) is 10.6. The van der Waals surface area contributed by atoms with Crippen LogP contribution in [-0.2, 0) is 4.79 Å². The number of rotatable bonds is 9. The predicted molar refractivity (Wildman–Crippen MR) is 99.6 cm³/mol. The van der Waals surface area contributed by atoms with Gasteiger partial charge in [0, 0.05) is 16.9 Å². The molecule has 0 aliphatic heterocycles. The molecule has 3 N–H and O–H groups in total. The summed E-state index contributed by atoms with van der Waals surface area (Å²) >= 11 is 1.50. The zero-order valence-electron chi connectivity index (χ0n) is 14.3. The second-order valence-corrected chi connectivity index (χ2v) is 6.86. The van der Waals surface area contributed by atoms with Gasteiger partial charge in [-0.05, 0) is 50.6 Å². The molecule has 5 nitrogen and oxygen atoms in total. The highest BCUT2D eigenvalue weighted by atomic mass is 32.1. The Balaban J connectivity index is 1.91. The van der Waals surface area contributed by atoms with Crippen LogP contribution in [0.1, 0.15) is 37.0 Å². The van der Waals surface area contributed by atoms with E-state index in [0.717, 1.165) is 54.1 Å². The lowest BCUT2D eigenvalue weighted by atomic mass is 10.1. The van der Waals surface area contributed by atoms with Gasteiger partial charge in [-0.25, -0.2) is 4.98 Å². The van der Waals surface area contributed by atoms with Crippen molar-refractivity contribution in [2.45, 2.75) is 39.0 Å². The zero-order valence-corrected chi connectivity index (χ0v) is 15.1. The number of hydrogen-bond acceptors (Lipinski definition) is 5. The van der Waals surface area contributed by atoms with Crippen molar-refractivity contribution in [3.63, 3.8) is 0 Å². The Hall–Kier alpha value is -1.92. The van der Waals surface area contributed by atoms with Crippen molar-refractivity contribution in [1.29, 1.82) is 0 Å². The summed E-state index contributed by atoms with van der Waals surface area (Å²) in [4.78, 5) is 17.6. The summed E-state index contributed by atoms with van der Waals surface area (Å²) in [5.41, 5.74) is 7.38. The number of aromatic nitrogens is 1. The smallest absolute Gasteiger partial charge is 0.226 e. The molecule has 0 saturated heterocycles. The number of hydrogen-bond donors (Lipinski definition) is 2. The Morgan fingerprint density at radius 2 is 1.92 bits per heavy atom. The summed E-state index contributed by atoms with van der Waals surface area (Å²) in [6.45, 7) is 2.73. The van der Waals surface area contributed by atoms with Gasteiger partial charge in [0.2, 0.25) is 5.91 Å². The van der Waals surface area contributed by atoms with Crippen LogP contribution in [0.5, 0.6) is 5.75 Å². The molecular formula is C18H25N3O2S. The fourth-order valence-corrected chi connectivity index (χ4v) is 3.28. The van der Waals surface area contributed by atoms with Crippen LogP contribution in [-0.4, -0.2) is 24.5 Å². The maximum atomic E-state index is 12.0. The Labute approximate surface area is 147 Å². The average Bonchev–Trinajstić information content (AvgIpc) is 2.95. The molecule has 1 heterocycles. The first kappa shape index (κ1) is 18.4. The van der Waals surface area contributed by atoms with E-state index in [1.54, 1.807) is 7.11 Å². The van der Waals surface area contributed by atoms with E-state index in [-0.39, 0.29) is 5.91 Å². The van der Waals surface area contributed by atoms with Gasteiger partial charge in [-0.15, -0.1) is 11.3 Å². The summed E-state index contributed by atoms with van der Waals surface area (Å²) in [6, 6.07) is 7.77. The molecule has 130 valence electrons. The van der Waals surface area contributed by atoms with Crippen LogP contribution in [0.15, 0.2) is 24.3 Å². The van der Waals surface area contributed by atoms with Crippen LogP contribution in [0.4, 0.5) is 5.13 Å². The molecule has 0 radical (unpaired) electrons. The second-order valence-electron chi connectivity index (χ2n) is 5.65. The van der Waals surface area contributed by atoms with Gasteiger partial charge >= 0.3 is 0 Å². The highest BCUT2D eigenvalue weighted by molar-refractivity contribution is 7.16. The lowest BCUT2D eigenvalue weighted by Crippen LogP contribution is -2.10. The first-order chi connectivity index (χ1) is 11.6. The number of benzene rings is 1. The van der Waals surface area contributed by atoms with Gasteiger partial charge in [-0.1, -0.05) is 12.8 Å². The number of amides is 1. The Morgan fingerprint density at radius 1 is 1.21 bits per heavy atom. The van der Waals surface area contributed by atoms with E-state index in [4.69, 9.17) is 10.5 Å². The van der Waals surface area contributed by atoms with Crippen LogP contribution in [0.3, 0.4) is 0 Å². The third-order valence-electron chi connectivity index (χ3n) is 3.76. The minimum absolute atomic E-state index is 0.0257. The minimum atomic E-state index is 0.0257. The third kappa shape index (κ3) is 5.32. The standard InChI is InChI=1S/C18H25N3O2S/c1-13-17(14-8-10-15(23-2)11-9-14)21-18(24-13)20-16(22)7-5-3-4-6-12-19/h8-11H,3-7,12,19H2,1-2H3,(H,20,21,22). The summed E-state index contributed by atoms with van der Waals surface area (Å²) in [6.07, 6.45) is 4.57. The minimum Gasteiger partial charge on any atom is -0.497 e. The third-order valence-corrected chi connectivity index (χ3v) is 4.65. The van der Waals surface area contributed by atoms with Crippen molar-refractivity contribution in [2.75, 3.05) is 19.0 Å². The van der Waals surface area contributed by atoms with Gasteiger partial charge in [-0.2, -0.15) is 0 Å². The average molecular weight is 347 g/mol. The van der Waals surface area contributed by atoms with Gasteiger partial charge < -0.3 is 15.8 Å². The largest absolute Gasteiger partial charge is 0.497 e. The number of thiazole rings is 1. The van der Waals surface area contributed by atoms with Gasteiger partial charge in [-0.3, -0.25) is 4.79 Å². The van der Waals surface area contributed by atoms with Gasteiger partial charge in [0.1, 0.15) is 5.75 Å². The molecule has 0 unspecified atom stereocenters. The molecule has 0 atom stereocenters. The maximum absolute atomic E-state index is 12.0. The fourth-order valence-electron chi connectivity index (χ4n) is 2.43. The van der Waals surface area contributed by atoms with E-state index in [1.165, 1.54) is 11.3 Å². The highest BCUT2D eigenvalue weighted by Gasteiger charge is 2.12. The molecular weight excluding hydrogens is 322 g/mol. The number of carbonyl (C=O) groups excluding carboxylic acids is 1. The predicted octanol–water partition coefficient (Wildman–Crippen LogP) is 3.97. The highest BCUT2D eigenvalue weighted by Crippen LogP contribution is 2.31. The summed E-state index contributed by atoms with van der Waals surface area (Å²) in [5.74, 6) is 0.840. The Morgan fingerprint density at radius 3 is 2.58 bits per heavy atom. The number of aryl methyl sites for hydroxylation is 1. The van der Waals surface area contributed by atoms with Gasteiger partial charge in [0.15, 0.2) is 5.13 Å². The molecule has 2 aromatic rings. The zero-order chi connectivity index (χ0) is 17.4. The van der Waals surface area contributed by atoms with E-state index < -0.39 is 0 Å². The van der Waals surface area contributed by atoms with Crippen molar-refractivity contribution in [3.05, 3.63) is 29.1 Å². The first-order valence-corrected chi connectivity index (χ1v) is 9.07. The monoisotopic (exact) mass is 347 g/mol. The number of methoxy groups -OCH3 is 1. The second kappa shape index (κ2) is 9.39. The van der Waals surface area contributed by atoms with Crippen LogP contribution >= 0.6 is 11.3 Å². The molecule has 0 fully saturated rings. The van der Waals surface area contributed by atoms with Crippen LogP contribution in [0, 0.1) is 6.92 Å². The molecule has 2 rings (SSSR count). The Bertz CT molecular complexity index is 653. The Kier molecular flexibility index (Phi) is 7.21. The molecule has 0 spiro atoms. The molecule has 1 aromatic heterocycles. The number of nitrogens with zero attached hydrogens (tertiary/aromatic N) is 1. The molecule has 0 bridgehead atoms. The van der Waals surface area contributed by atoms with Crippen molar-refractivity contribution in [1.82, 2.24) is 4.98 Å². The number of ether oxygens (including phenoxy) is 1. The number of nitrogens with two attached hydrogens (primary N) is 1. The quantitative estimate of drug-likeness (QED) is 0.673. The van der Waals surface area contributed by atoms with Gasteiger partial charge in [0.25, 0.3) is 0 Å². The molecule has 6 heteroatoms. The van der Waals surface area contributed by atoms with Crippen LogP contribution in [0.2, 0.25) is 0 Å². The SMILES string of the molecule is COc1ccc(-c2nc(NC(=O)CCCCCCN)sc2C)cc1. The summed E-state index contributed by atoms with van der Waals surface area (Å²) in [5, 5.41) is 3.56. The van der Waals surface area contributed by atoms with Crippen molar-refractivity contribution in [2.24, 2.45) is 5.73 Å². The molecule has 1 amide bonds. The molecule has 0 aliphatic rings. The van der Waals surface area contributed by atoms with Crippen molar-refractivity contribution >= 4 is 22.4 Å². The van der Waals surface area contributed by atoms with E-state index >= 15 is 0 Å². The lowest BCUT2D eigenvalue weighted by Gasteiger charge is -2.02. The van der Waals surface area contributed by atoms with E-state index in [9.17, 15) is 4.79 Å². The number of anilines is 1. The van der Waals surface area contributed by atoms with E-state index in [0.29, 0.717) is 11.6 Å². The van der Waals surface area contributed by atoms with Crippen LogP contribution < -0.4 is 15.8 Å². The maximum Gasteiger partial charge on any atom is 0.226 e. The van der Waals surface area contributed by atoms with Crippen LogP contribution in [0.25, 0.3) is 11.3 Å². The van der Waals surface area contributed by atoms with E-state index in [2.05, 4.69) is 10.3 Å². The summed E-state index contributed by atoms with van der Waals surface area (Å²) in [7, 11) is 1.65. The van der Waals surface area contributed by atoms with Crippen molar-refractivity contribution in [3.8, 4) is 17.0 Å². The summed E-state index contributed by atoms with van der Waals surface area (Å²) < 4.78 is 5.17.